The molecular weight excluding hydrogens is 344 g/mol. The number of amides is 1. The van der Waals surface area contributed by atoms with Crippen LogP contribution in [0.25, 0.3) is 6.08 Å². The lowest BCUT2D eigenvalue weighted by atomic mass is 10.1. The van der Waals surface area contributed by atoms with Gasteiger partial charge in [0, 0.05) is 25.3 Å². The van der Waals surface area contributed by atoms with E-state index in [0.29, 0.717) is 9.23 Å². The average Bonchev–Trinajstić information content (AvgIpc) is 2.82. The number of anilines is 1. The van der Waals surface area contributed by atoms with Crippen LogP contribution < -0.4 is 4.90 Å². The quantitative estimate of drug-likeness (QED) is 0.592. The number of benzene rings is 1. The molecule has 1 aromatic rings. The first-order valence-corrected chi connectivity index (χ1v) is 9.00. The summed E-state index contributed by atoms with van der Waals surface area (Å²) < 4.78 is 0.410. The first-order valence-electron chi connectivity index (χ1n) is 7.78. The summed E-state index contributed by atoms with van der Waals surface area (Å²) in [6, 6.07) is 8.00. The molecule has 0 radical (unpaired) electrons. The van der Waals surface area contributed by atoms with Gasteiger partial charge in [-0.2, -0.15) is 0 Å². The third-order valence-corrected chi connectivity index (χ3v) is 5.12. The molecule has 128 valence electrons. The molecular formula is C17H20N2O3S2. The molecule has 0 aromatic heterocycles. The summed E-state index contributed by atoms with van der Waals surface area (Å²) in [5.74, 6) is -1.17. The maximum Gasteiger partial charge on any atom is 0.305 e. The fourth-order valence-corrected chi connectivity index (χ4v) is 3.73. The lowest BCUT2D eigenvalue weighted by Crippen LogP contribution is -2.30. The number of nitrogens with zero attached hydrogens (tertiary/aromatic N) is 2. The Morgan fingerprint density at radius 3 is 2.46 bits per heavy atom. The largest absolute Gasteiger partial charge is 0.481 e. The maximum absolute atomic E-state index is 12.3. The van der Waals surface area contributed by atoms with Crippen molar-refractivity contribution in [2.75, 3.05) is 24.5 Å². The molecule has 7 heteroatoms. The lowest BCUT2D eigenvalue weighted by molar-refractivity contribution is -0.137. The number of thiocarbonyl (C=S) groups is 1. The van der Waals surface area contributed by atoms with Gasteiger partial charge in [-0.15, -0.1) is 0 Å². The van der Waals surface area contributed by atoms with Crippen LogP contribution in [0.5, 0.6) is 0 Å². The third-order valence-electron chi connectivity index (χ3n) is 3.74. The zero-order valence-corrected chi connectivity index (χ0v) is 15.3. The Labute approximate surface area is 151 Å². The van der Waals surface area contributed by atoms with Crippen molar-refractivity contribution in [2.45, 2.75) is 20.3 Å². The number of hydrogen-bond acceptors (Lipinski definition) is 5. The van der Waals surface area contributed by atoms with Crippen LogP contribution in [0.3, 0.4) is 0 Å². The highest BCUT2D eigenvalue weighted by molar-refractivity contribution is 8.26. The number of carbonyl (C=O) groups excluding carboxylic acids is 1. The first-order chi connectivity index (χ1) is 11.5. The van der Waals surface area contributed by atoms with Crippen molar-refractivity contribution in [3.8, 4) is 0 Å². The molecule has 0 atom stereocenters. The predicted octanol–water partition coefficient (Wildman–Crippen LogP) is 3.21. The van der Waals surface area contributed by atoms with E-state index in [1.54, 1.807) is 6.08 Å². The summed E-state index contributed by atoms with van der Waals surface area (Å²) in [6.07, 6.45) is 1.68. The van der Waals surface area contributed by atoms with Gasteiger partial charge in [0.25, 0.3) is 5.91 Å². The van der Waals surface area contributed by atoms with Crippen molar-refractivity contribution in [3.63, 3.8) is 0 Å². The summed E-state index contributed by atoms with van der Waals surface area (Å²) in [7, 11) is 0. The molecule has 2 rings (SSSR count). The Bertz CT molecular complexity index is 667. The lowest BCUT2D eigenvalue weighted by Gasteiger charge is -2.20. The van der Waals surface area contributed by atoms with Crippen LogP contribution in [0.15, 0.2) is 29.2 Å². The smallest absolute Gasteiger partial charge is 0.305 e. The summed E-state index contributed by atoms with van der Waals surface area (Å²) in [4.78, 5) is 27.1. The molecule has 1 aromatic carbocycles. The molecule has 0 bridgehead atoms. The van der Waals surface area contributed by atoms with E-state index in [-0.39, 0.29) is 18.9 Å². The Balaban J connectivity index is 2.12. The van der Waals surface area contributed by atoms with E-state index >= 15 is 0 Å². The van der Waals surface area contributed by atoms with Crippen molar-refractivity contribution in [3.05, 3.63) is 34.7 Å². The molecule has 0 spiro atoms. The minimum atomic E-state index is -0.944. The van der Waals surface area contributed by atoms with E-state index in [1.807, 2.05) is 24.3 Å². The van der Waals surface area contributed by atoms with Gasteiger partial charge < -0.3 is 10.0 Å². The predicted molar refractivity (Wildman–Crippen MR) is 102 cm³/mol. The summed E-state index contributed by atoms with van der Waals surface area (Å²) in [5.41, 5.74) is 2.07. The van der Waals surface area contributed by atoms with E-state index < -0.39 is 5.97 Å². The zero-order valence-electron chi connectivity index (χ0n) is 13.7. The fraction of sp³-hybridized carbons (Fsp3) is 0.353. The second-order valence-electron chi connectivity index (χ2n) is 5.24. The van der Waals surface area contributed by atoms with Crippen LogP contribution in [-0.4, -0.2) is 45.8 Å². The number of aliphatic carboxylic acids is 1. The van der Waals surface area contributed by atoms with E-state index in [0.717, 1.165) is 24.3 Å². The van der Waals surface area contributed by atoms with Gasteiger partial charge in [0.05, 0.1) is 11.3 Å². The van der Waals surface area contributed by atoms with Crippen LogP contribution in [-0.2, 0) is 9.59 Å². The zero-order chi connectivity index (χ0) is 17.7. The highest BCUT2D eigenvalue weighted by atomic mass is 32.2. The second kappa shape index (κ2) is 8.30. The molecule has 0 saturated carbocycles. The molecule has 1 amide bonds. The van der Waals surface area contributed by atoms with Crippen LogP contribution in [0.4, 0.5) is 5.69 Å². The van der Waals surface area contributed by atoms with Gasteiger partial charge in [0.15, 0.2) is 0 Å². The van der Waals surface area contributed by atoms with Gasteiger partial charge >= 0.3 is 5.97 Å². The Morgan fingerprint density at radius 2 is 1.92 bits per heavy atom. The number of carbonyl (C=O) groups is 2. The van der Waals surface area contributed by atoms with Crippen molar-refractivity contribution in [2.24, 2.45) is 0 Å². The van der Waals surface area contributed by atoms with Gasteiger partial charge in [-0.1, -0.05) is 36.1 Å². The Morgan fingerprint density at radius 1 is 1.29 bits per heavy atom. The Kier molecular flexibility index (Phi) is 6.39. The standard InChI is InChI=1S/C17H20N2O3S2/c1-3-18(4-2)13-7-5-12(6-8-13)11-14-16(22)19(17(23)24-14)10-9-15(20)21/h5-8,11H,3-4,9-10H2,1-2H3,(H,20,21). The number of thioether (sulfide) groups is 1. The SMILES string of the molecule is CCN(CC)c1ccc(C=C2SC(=S)N(CCC(=O)O)C2=O)cc1. The molecule has 1 saturated heterocycles. The minimum absolute atomic E-state index is 0.109. The molecule has 5 nitrogen and oxygen atoms in total. The fourth-order valence-electron chi connectivity index (χ4n) is 2.42. The molecule has 24 heavy (non-hydrogen) atoms. The highest BCUT2D eigenvalue weighted by Crippen LogP contribution is 2.32. The summed E-state index contributed by atoms with van der Waals surface area (Å²) in [6.45, 7) is 6.22. The van der Waals surface area contributed by atoms with E-state index in [9.17, 15) is 9.59 Å². The molecule has 0 aliphatic carbocycles. The topological polar surface area (TPSA) is 60.9 Å². The van der Waals surface area contributed by atoms with E-state index in [1.165, 1.54) is 16.7 Å². The van der Waals surface area contributed by atoms with Crippen molar-refractivity contribution in [1.82, 2.24) is 4.90 Å². The van der Waals surface area contributed by atoms with Gasteiger partial charge in [0.1, 0.15) is 4.32 Å². The minimum Gasteiger partial charge on any atom is -0.481 e. The van der Waals surface area contributed by atoms with Gasteiger partial charge in [-0.3, -0.25) is 14.5 Å². The van der Waals surface area contributed by atoms with Crippen LogP contribution in [0.1, 0.15) is 25.8 Å². The molecule has 1 aliphatic rings. The van der Waals surface area contributed by atoms with Crippen LogP contribution >= 0.6 is 24.0 Å². The maximum atomic E-state index is 12.3. The van der Waals surface area contributed by atoms with E-state index in [4.69, 9.17) is 17.3 Å². The van der Waals surface area contributed by atoms with Crippen molar-refractivity contribution in [1.29, 1.82) is 0 Å². The van der Waals surface area contributed by atoms with Crippen LogP contribution in [0, 0.1) is 0 Å². The highest BCUT2D eigenvalue weighted by Gasteiger charge is 2.31. The van der Waals surface area contributed by atoms with Gasteiger partial charge in [-0.25, -0.2) is 0 Å². The molecule has 1 fully saturated rings. The van der Waals surface area contributed by atoms with E-state index in [2.05, 4.69) is 18.7 Å². The summed E-state index contributed by atoms with van der Waals surface area (Å²) >= 11 is 6.39. The number of carboxylic acid groups (broad SMARTS) is 1. The monoisotopic (exact) mass is 364 g/mol. The molecule has 1 N–H and O–H groups in total. The average molecular weight is 364 g/mol. The second-order valence-corrected chi connectivity index (χ2v) is 6.92. The molecule has 0 unspecified atom stereocenters. The van der Waals surface area contributed by atoms with Crippen molar-refractivity contribution >= 4 is 51.9 Å². The molecule has 1 aliphatic heterocycles. The Hall–Kier alpha value is -1.86. The number of rotatable bonds is 7. The van der Waals surface area contributed by atoms with Crippen LogP contribution in [0.2, 0.25) is 0 Å². The normalized spacial score (nSPS) is 16.1. The molecule has 1 heterocycles. The summed E-state index contributed by atoms with van der Waals surface area (Å²) in [5, 5.41) is 8.75. The first kappa shape index (κ1) is 18.5. The van der Waals surface area contributed by atoms with Gasteiger partial charge in [-0.05, 0) is 37.6 Å². The van der Waals surface area contributed by atoms with Crippen molar-refractivity contribution < 1.29 is 14.7 Å². The number of hydrogen-bond donors (Lipinski definition) is 1. The third kappa shape index (κ3) is 4.36. The van der Waals surface area contributed by atoms with Gasteiger partial charge in [0.2, 0.25) is 0 Å². The number of carboxylic acids is 1.